The van der Waals surface area contributed by atoms with Crippen molar-refractivity contribution in [2.24, 2.45) is 0 Å². The van der Waals surface area contributed by atoms with Crippen LogP contribution >= 0.6 is 0 Å². The van der Waals surface area contributed by atoms with E-state index >= 15 is 0 Å². The molecular formula is C11H18Li2O4. The zero-order valence-corrected chi connectivity index (χ0v) is 11.0. The van der Waals surface area contributed by atoms with Gasteiger partial charge in [0.1, 0.15) is 0 Å². The van der Waals surface area contributed by atoms with E-state index in [9.17, 15) is 19.8 Å². The molecule has 0 radical (unpaired) electrons. The van der Waals surface area contributed by atoms with Gasteiger partial charge in [-0.05, 0) is 25.7 Å². The molecule has 0 aromatic carbocycles. The van der Waals surface area contributed by atoms with E-state index in [4.69, 9.17) is 0 Å². The fourth-order valence-corrected chi connectivity index (χ4v) is 1.42. The van der Waals surface area contributed by atoms with Gasteiger partial charge in [0.15, 0.2) is 0 Å². The van der Waals surface area contributed by atoms with Crippen LogP contribution in [0, 0.1) is 0 Å². The van der Waals surface area contributed by atoms with Crippen molar-refractivity contribution in [1.29, 1.82) is 0 Å². The molecule has 0 atom stereocenters. The zero-order valence-electron chi connectivity index (χ0n) is 11.0. The van der Waals surface area contributed by atoms with Gasteiger partial charge in [0.2, 0.25) is 0 Å². The monoisotopic (exact) mass is 228 g/mol. The van der Waals surface area contributed by atoms with E-state index in [-0.39, 0.29) is 50.6 Å². The van der Waals surface area contributed by atoms with Crippen molar-refractivity contribution in [3.63, 3.8) is 0 Å². The summed E-state index contributed by atoms with van der Waals surface area (Å²) in [5, 5.41) is 20.1. The van der Waals surface area contributed by atoms with E-state index in [2.05, 4.69) is 0 Å². The van der Waals surface area contributed by atoms with Gasteiger partial charge in [0.05, 0.1) is 0 Å². The van der Waals surface area contributed by atoms with Gasteiger partial charge in [-0.3, -0.25) is 0 Å². The van der Waals surface area contributed by atoms with Crippen molar-refractivity contribution in [2.75, 3.05) is 0 Å². The molecule has 0 aromatic heterocycles. The minimum absolute atomic E-state index is 0. The van der Waals surface area contributed by atoms with Crippen molar-refractivity contribution in [3.8, 4) is 0 Å². The number of carboxylic acids is 2. The Morgan fingerprint density at radius 3 is 1.06 bits per heavy atom. The molecule has 0 saturated heterocycles. The van der Waals surface area contributed by atoms with Gasteiger partial charge in [-0.15, -0.1) is 0 Å². The molecule has 0 saturated carbocycles. The van der Waals surface area contributed by atoms with E-state index in [1.807, 2.05) is 0 Å². The summed E-state index contributed by atoms with van der Waals surface area (Å²) in [6.45, 7) is 0. The largest absolute Gasteiger partial charge is 1.00 e. The molecule has 0 amide bonds. The summed E-state index contributed by atoms with van der Waals surface area (Å²) in [6, 6.07) is 0. The van der Waals surface area contributed by atoms with Gasteiger partial charge in [-0.25, -0.2) is 0 Å². The van der Waals surface area contributed by atoms with Gasteiger partial charge in [0, 0.05) is 11.9 Å². The van der Waals surface area contributed by atoms with Crippen LogP contribution in [0.15, 0.2) is 0 Å². The second-order valence-electron chi connectivity index (χ2n) is 3.72. The number of carbonyl (C=O) groups is 2. The van der Waals surface area contributed by atoms with E-state index in [0.29, 0.717) is 12.8 Å². The van der Waals surface area contributed by atoms with Crippen LogP contribution in [0.25, 0.3) is 0 Å². The molecule has 0 aromatic rings. The SMILES string of the molecule is O=C([O-])CCCCCCCCCC(=O)[O-].[Li+].[Li+]. The van der Waals surface area contributed by atoms with Crippen molar-refractivity contribution in [2.45, 2.75) is 57.8 Å². The summed E-state index contributed by atoms with van der Waals surface area (Å²) in [4.78, 5) is 20.1. The fraction of sp³-hybridized carbons (Fsp3) is 0.818. The van der Waals surface area contributed by atoms with Gasteiger partial charge >= 0.3 is 37.7 Å². The first-order valence-electron chi connectivity index (χ1n) is 5.52. The molecule has 0 unspecified atom stereocenters. The normalized spacial score (nSPS) is 8.94. The van der Waals surface area contributed by atoms with Gasteiger partial charge in [-0.1, -0.05) is 32.1 Å². The Kier molecular flexibility index (Phi) is 21.2. The Morgan fingerprint density at radius 2 is 0.824 bits per heavy atom. The number of carboxylic acid groups (broad SMARTS) is 2. The number of unbranched alkanes of at least 4 members (excludes halogenated alkanes) is 6. The Labute approximate surface area is 127 Å². The van der Waals surface area contributed by atoms with Crippen molar-refractivity contribution >= 4 is 11.9 Å². The van der Waals surface area contributed by atoms with Crippen molar-refractivity contribution < 1.29 is 57.5 Å². The average molecular weight is 228 g/mol. The van der Waals surface area contributed by atoms with E-state index in [0.717, 1.165) is 32.1 Å². The summed E-state index contributed by atoms with van der Waals surface area (Å²) >= 11 is 0. The number of rotatable bonds is 10. The first kappa shape index (κ1) is 22.3. The number of carbonyl (C=O) groups excluding carboxylic acids is 2. The summed E-state index contributed by atoms with van der Waals surface area (Å²) in [5.74, 6) is -1.96. The molecule has 0 N–H and O–H groups in total. The zero-order chi connectivity index (χ0) is 11.5. The molecule has 6 heteroatoms. The van der Waals surface area contributed by atoms with Crippen LogP contribution in [-0.4, -0.2) is 11.9 Å². The molecule has 0 aliphatic rings. The van der Waals surface area contributed by atoms with Crippen molar-refractivity contribution in [1.82, 2.24) is 0 Å². The van der Waals surface area contributed by atoms with Crippen LogP contribution in [0.5, 0.6) is 0 Å². The molecule has 0 heterocycles. The Balaban J connectivity index is -0.000000980. The maximum Gasteiger partial charge on any atom is 1.00 e. The summed E-state index contributed by atoms with van der Waals surface area (Å²) < 4.78 is 0. The van der Waals surface area contributed by atoms with Crippen molar-refractivity contribution in [3.05, 3.63) is 0 Å². The number of hydrogen-bond donors (Lipinski definition) is 0. The molecule has 0 rings (SSSR count). The van der Waals surface area contributed by atoms with Crippen LogP contribution in [0.1, 0.15) is 57.8 Å². The van der Waals surface area contributed by atoms with Gasteiger partial charge < -0.3 is 19.8 Å². The Morgan fingerprint density at radius 1 is 0.588 bits per heavy atom. The second kappa shape index (κ2) is 16.1. The van der Waals surface area contributed by atoms with Crippen LogP contribution in [0.2, 0.25) is 0 Å². The van der Waals surface area contributed by atoms with Crippen LogP contribution in [0.4, 0.5) is 0 Å². The molecule has 0 spiro atoms. The molecule has 0 fully saturated rings. The van der Waals surface area contributed by atoms with Crippen LogP contribution in [-0.2, 0) is 9.59 Å². The third kappa shape index (κ3) is 21.9. The molecular weight excluding hydrogens is 210 g/mol. The predicted molar refractivity (Wildman–Crippen MR) is 51.6 cm³/mol. The molecule has 0 aliphatic heterocycles. The minimum Gasteiger partial charge on any atom is -0.550 e. The summed E-state index contributed by atoms with van der Waals surface area (Å²) in [7, 11) is 0. The minimum atomic E-state index is -0.982. The molecule has 4 nitrogen and oxygen atoms in total. The van der Waals surface area contributed by atoms with Gasteiger partial charge in [0.25, 0.3) is 0 Å². The Bertz CT molecular complexity index is 178. The van der Waals surface area contributed by atoms with Crippen LogP contribution in [0.3, 0.4) is 0 Å². The summed E-state index contributed by atoms with van der Waals surface area (Å²) in [5.41, 5.74) is 0. The topological polar surface area (TPSA) is 80.3 Å². The molecule has 17 heavy (non-hydrogen) atoms. The fourth-order valence-electron chi connectivity index (χ4n) is 1.42. The van der Waals surface area contributed by atoms with Crippen LogP contribution < -0.4 is 47.9 Å². The van der Waals surface area contributed by atoms with Gasteiger partial charge in [-0.2, -0.15) is 0 Å². The maximum atomic E-state index is 10.1. The first-order chi connectivity index (χ1) is 7.13. The third-order valence-corrected chi connectivity index (χ3v) is 2.26. The standard InChI is InChI=1S/C11H20O4.2Li/c12-10(13)8-6-4-2-1-3-5-7-9-11(14)15;;/h1-9H2,(H,12,13)(H,14,15);;/q;2*+1/p-2. The average Bonchev–Trinajstić information content (AvgIpc) is 2.14. The third-order valence-electron chi connectivity index (χ3n) is 2.26. The van der Waals surface area contributed by atoms with E-state index < -0.39 is 11.9 Å². The predicted octanol–water partition coefficient (Wildman–Crippen LogP) is -5.99. The maximum absolute atomic E-state index is 10.1. The first-order valence-corrected chi connectivity index (χ1v) is 5.52. The summed E-state index contributed by atoms with van der Waals surface area (Å²) in [6.07, 6.45) is 6.54. The number of hydrogen-bond acceptors (Lipinski definition) is 4. The second-order valence-corrected chi connectivity index (χ2v) is 3.72. The smallest absolute Gasteiger partial charge is 0.550 e. The van der Waals surface area contributed by atoms with E-state index in [1.165, 1.54) is 0 Å². The molecule has 0 bridgehead atoms. The van der Waals surface area contributed by atoms with E-state index in [1.54, 1.807) is 0 Å². The molecule has 0 aliphatic carbocycles. The number of aliphatic carboxylic acids is 2. The quantitative estimate of drug-likeness (QED) is 0.275. The molecule has 88 valence electrons. The Hall–Kier alpha value is 0.135.